The minimum atomic E-state index is -1.82. The van der Waals surface area contributed by atoms with Crippen LogP contribution in [0.3, 0.4) is 0 Å². The molecule has 0 amide bonds. The molecule has 178 valence electrons. The predicted molar refractivity (Wildman–Crippen MR) is 149 cm³/mol. The van der Waals surface area contributed by atoms with E-state index in [2.05, 4.69) is 44.6 Å². The van der Waals surface area contributed by atoms with Crippen LogP contribution in [0.15, 0.2) is 48.5 Å². The van der Waals surface area contributed by atoms with E-state index >= 15 is 0 Å². The summed E-state index contributed by atoms with van der Waals surface area (Å²) in [6, 6.07) is 15.3. The molecule has 0 saturated carbocycles. The number of anilines is 2. The summed E-state index contributed by atoms with van der Waals surface area (Å²) in [5, 5.41) is 6.80. The van der Waals surface area contributed by atoms with Gasteiger partial charge < -0.3 is 20.1 Å². The van der Waals surface area contributed by atoms with Gasteiger partial charge in [0.25, 0.3) is 0 Å². The van der Waals surface area contributed by atoms with Crippen molar-refractivity contribution in [1.29, 1.82) is 0 Å². The van der Waals surface area contributed by atoms with Crippen LogP contribution in [0.5, 0.6) is 11.5 Å². The molecule has 5 nitrogen and oxygen atoms in total. The summed E-state index contributed by atoms with van der Waals surface area (Å²) in [5.41, 5.74) is 7.76. The van der Waals surface area contributed by atoms with Crippen molar-refractivity contribution in [3.63, 3.8) is 0 Å². The zero-order chi connectivity index (χ0) is 24.0. The van der Waals surface area contributed by atoms with E-state index in [1.165, 1.54) is 10.9 Å². The first-order valence-electron chi connectivity index (χ1n) is 11.1. The van der Waals surface area contributed by atoms with Crippen LogP contribution < -0.4 is 25.8 Å². The molecule has 0 aliphatic rings. The van der Waals surface area contributed by atoms with Crippen LogP contribution >= 0.6 is 21.2 Å². The first-order valence-corrected chi connectivity index (χ1v) is 22.8. The average Bonchev–Trinajstić information content (AvgIpc) is 2.77. The molecule has 2 unspecified atom stereocenters. The first kappa shape index (κ1) is 28.9. The van der Waals surface area contributed by atoms with Crippen LogP contribution in [0.4, 0.5) is 11.4 Å². The Labute approximate surface area is 206 Å². The molecule has 2 rings (SSSR count). The maximum atomic E-state index is 5.94. The fraction of sp³-hybridized carbons (Fsp3) is 0.458. The Balaban J connectivity index is 0.000000433. The van der Waals surface area contributed by atoms with Gasteiger partial charge in [-0.15, -0.1) is 0 Å². The Morgan fingerprint density at radius 2 is 1.34 bits per heavy atom. The molecule has 0 aliphatic heterocycles. The Kier molecular flexibility index (Phi) is 14.1. The van der Waals surface area contributed by atoms with E-state index in [-0.39, 0.29) is 0 Å². The molecule has 0 heterocycles. The van der Waals surface area contributed by atoms with E-state index in [0.29, 0.717) is 22.4 Å². The van der Waals surface area contributed by atoms with E-state index in [1.54, 1.807) is 0 Å². The second kappa shape index (κ2) is 15.6. The van der Waals surface area contributed by atoms with Gasteiger partial charge in [0.1, 0.15) is 11.5 Å². The molecular weight excluding hydrogens is 545 g/mol. The van der Waals surface area contributed by atoms with Gasteiger partial charge in [-0.2, -0.15) is 0 Å². The van der Waals surface area contributed by atoms with Crippen molar-refractivity contribution in [2.24, 2.45) is 5.73 Å². The molecule has 8 heteroatoms. The summed E-state index contributed by atoms with van der Waals surface area (Å²) in [4.78, 5) is 2.45. The van der Waals surface area contributed by atoms with Gasteiger partial charge in [-0.3, -0.25) is 0 Å². The predicted octanol–water partition coefficient (Wildman–Crippen LogP) is 6.51. The van der Waals surface area contributed by atoms with Gasteiger partial charge in [0.2, 0.25) is 0 Å². The van der Waals surface area contributed by atoms with E-state index in [0.717, 1.165) is 22.9 Å². The SMILES string of the molecule is CCOc1ccc(NC(=S)Nc2ccc(OCC)cc2)cc1.CC[CH2][Sn]([CH3])([S]C)[CH](C)N. The second-order valence-corrected chi connectivity index (χ2v) is 29.6. The number of benzene rings is 2. The van der Waals surface area contributed by atoms with Gasteiger partial charge in [-0.1, -0.05) is 0 Å². The van der Waals surface area contributed by atoms with Gasteiger partial charge in [0.15, 0.2) is 5.11 Å². The van der Waals surface area contributed by atoms with Crippen molar-refractivity contribution in [2.45, 2.75) is 47.5 Å². The molecule has 32 heavy (non-hydrogen) atoms. The summed E-state index contributed by atoms with van der Waals surface area (Å²) in [5.74, 6) is 1.69. The van der Waals surface area contributed by atoms with Gasteiger partial charge in [-0.25, -0.2) is 0 Å². The molecule has 0 fully saturated rings. The standard InChI is InChI=1S/C17H20N2O2S.C3H7.C2H6N.CH4S.CH3.Sn/c1-3-20-15-9-5-13(6-10-15)18-17(22)19-14-7-11-16(12-8-14)21-4-2;1-3-2;1-2-3;1-2;;/h5-12H,3-4H2,1-2H3,(H2,18,19,22);1,3H2,2H3;2H,3H2,1H3;2H,1H3;1H3;/q;;;;;+1/p-1. The summed E-state index contributed by atoms with van der Waals surface area (Å²) < 4.78 is 12.7. The average molecular weight is 584 g/mol. The van der Waals surface area contributed by atoms with Crippen LogP contribution in [0, 0.1) is 0 Å². The number of nitrogens with two attached hydrogens (primary N) is 1. The number of hydrogen-bond donors (Lipinski definition) is 3. The van der Waals surface area contributed by atoms with Crippen molar-refractivity contribution in [2.75, 3.05) is 30.1 Å². The Hall–Kier alpha value is -1.16. The fourth-order valence-electron chi connectivity index (χ4n) is 2.91. The van der Waals surface area contributed by atoms with Gasteiger partial charge in [-0.05, 0) is 74.6 Å². The Morgan fingerprint density at radius 1 is 0.938 bits per heavy atom. The number of thiocarbonyl (C=S) groups is 1. The molecule has 0 bridgehead atoms. The van der Waals surface area contributed by atoms with Crippen LogP contribution in [-0.4, -0.2) is 45.6 Å². The number of ether oxygens (including phenoxy) is 2. The van der Waals surface area contributed by atoms with Crippen molar-refractivity contribution >= 4 is 54.6 Å². The van der Waals surface area contributed by atoms with Crippen molar-refractivity contribution in [3.05, 3.63) is 48.5 Å². The molecule has 0 radical (unpaired) electrons. The van der Waals surface area contributed by atoms with Crippen LogP contribution in [0.2, 0.25) is 9.38 Å². The minimum absolute atomic E-state index is 0.504. The zero-order valence-corrected chi connectivity index (χ0v) is 24.7. The Bertz CT molecular complexity index is 735. The number of nitrogens with one attached hydrogen (secondary N) is 2. The van der Waals surface area contributed by atoms with Crippen LogP contribution in [0.25, 0.3) is 0 Å². The molecule has 0 aromatic heterocycles. The third-order valence-corrected chi connectivity index (χ3v) is 27.8. The van der Waals surface area contributed by atoms with E-state index < -0.39 is 17.0 Å². The zero-order valence-electron chi connectivity index (χ0n) is 20.2. The van der Waals surface area contributed by atoms with Crippen molar-refractivity contribution in [1.82, 2.24) is 0 Å². The molecule has 0 aliphatic carbocycles. The van der Waals surface area contributed by atoms with Crippen LogP contribution in [0.1, 0.15) is 34.1 Å². The van der Waals surface area contributed by atoms with Gasteiger partial charge in [0, 0.05) is 11.4 Å². The molecular formula is C24H39N3O2S2Sn. The molecule has 0 saturated heterocycles. The summed E-state index contributed by atoms with van der Waals surface area (Å²) in [6.07, 6.45) is 3.55. The number of hydrogen-bond acceptors (Lipinski definition) is 5. The summed E-state index contributed by atoms with van der Waals surface area (Å²) >= 11 is 3.48. The number of rotatable bonds is 10. The third-order valence-electron chi connectivity index (χ3n) is 5.02. The summed E-state index contributed by atoms with van der Waals surface area (Å²) in [6.45, 7) is 9.68. The maximum absolute atomic E-state index is 5.94. The third kappa shape index (κ3) is 10.6. The quantitative estimate of drug-likeness (QED) is 0.217. The summed E-state index contributed by atoms with van der Waals surface area (Å²) in [7, 11) is 2.09. The second-order valence-electron chi connectivity index (χ2n) is 7.55. The molecule has 2 aromatic rings. The van der Waals surface area contributed by atoms with Crippen molar-refractivity contribution in [3.8, 4) is 11.5 Å². The molecule has 2 atom stereocenters. The molecule has 4 N–H and O–H groups in total. The topological polar surface area (TPSA) is 68.5 Å². The molecule has 0 spiro atoms. The molecule has 2 aromatic carbocycles. The van der Waals surface area contributed by atoms with Gasteiger partial charge in [0.05, 0.1) is 13.2 Å². The first-order chi connectivity index (χ1) is 15.3. The fourth-order valence-corrected chi connectivity index (χ4v) is 14.2. The van der Waals surface area contributed by atoms with E-state index in [1.807, 2.05) is 62.4 Å². The van der Waals surface area contributed by atoms with Crippen molar-refractivity contribution < 1.29 is 9.47 Å². The van der Waals surface area contributed by atoms with Gasteiger partial charge >= 0.3 is 71.6 Å². The van der Waals surface area contributed by atoms with E-state index in [9.17, 15) is 0 Å². The van der Waals surface area contributed by atoms with Crippen LogP contribution in [-0.2, 0) is 0 Å². The van der Waals surface area contributed by atoms with E-state index in [4.69, 9.17) is 27.4 Å². The monoisotopic (exact) mass is 585 g/mol. The Morgan fingerprint density at radius 3 is 1.59 bits per heavy atom. The normalized spacial score (nSPS) is 13.1.